The van der Waals surface area contributed by atoms with Gasteiger partial charge < -0.3 is 20.1 Å². The Kier molecular flexibility index (Phi) is 7.38. The van der Waals surface area contributed by atoms with Gasteiger partial charge in [0, 0.05) is 33.1 Å². The lowest BCUT2D eigenvalue weighted by Gasteiger charge is -2.19. The van der Waals surface area contributed by atoms with E-state index >= 15 is 0 Å². The molecule has 0 spiro atoms. The number of carbonyl (C=O) groups is 1. The summed E-state index contributed by atoms with van der Waals surface area (Å²) in [6, 6.07) is 7.06. The van der Waals surface area contributed by atoms with Crippen molar-refractivity contribution in [1.29, 1.82) is 0 Å². The van der Waals surface area contributed by atoms with Crippen molar-refractivity contribution in [2.75, 3.05) is 22.8 Å². The van der Waals surface area contributed by atoms with Gasteiger partial charge in [-0.3, -0.25) is 4.79 Å². The van der Waals surface area contributed by atoms with E-state index in [1.54, 1.807) is 24.4 Å². The van der Waals surface area contributed by atoms with Gasteiger partial charge in [0.1, 0.15) is 29.8 Å². The number of nitrogens with zero attached hydrogens (tertiary/aromatic N) is 2. The van der Waals surface area contributed by atoms with E-state index in [1.165, 1.54) is 31.6 Å². The van der Waals surface area contributed by atoms with E-state index in [1.807, 2.05) is 0 Å². The number of rotatable bonds is 8. The zero-order valence-corrected chi connectivity index (χ0v) is 19.8. The Morgan fingerprint density at radius 2 is 1.94 bits per heavy atom. The topological polar surface area (TPSA) is 105 Å². The van der Waals surface area contributed by atoms with Gasteiger partial charge in [0.15, 0.2) is 0 Å². The highest BCUT2D eigenvalue weighted by molar-refractivity contribution is 8.00. The average molecular weight is 514 g/mol. The van der Waals surface area contributed by atoms with Crippen molar-refractivity contribution in [3.05, 3.63) is 48.0 Å². The lowest BCUT2D eigenvalue weighted by Crippen LogP contribution is -2.41. The minimum Gasteiger partial charge on any atom is -0.487 e. The molecule has 35 heavy (non-hydrogen) atoms. The van der Waals surface area contributed by atoms with Crippen molar-refractivity contribution in [1.82, 2.24) is 15.3 Å². The van der Waals surface area contributed by atoms with Crippen LogP contribution in [-0.2, 0) is 14.5 Å². The van der Waals surface area contributed by atoms with Gasteiger partial charge in [-0.05, 0) is 49.5 Å². The Morgan fingerprint density at radius 3 is 2.60 bits per heavy atom. The van der Waals surface area contributed by atoms with Crippen LogP contribution in [0.2, 0.25) is 0 Å². The molecule has 2 aromatic carbocycles. The number of anilines is 3. The van der Waals surface area contributed by atoms with E-state index in [0.29, 0.717) is 22.4 Å². The number of nitrogens with one attached hydrogen (secondary N) is 3. The zero-order valence-electron chi connectivity index (χ0n) is 19.0. The fourth-order valence-electron chi connectivity index (χ4n) is 3.21. The lowest BCUT2D eigenvalue weighted by atomic mass is 10.1. The molecule has 13 heteroatoms. The molecule has 3 rings (SSSR count). The predicted molar refractivity (Wildman–Crippen MR) is 128 cm³/mol. The molecule has 0 bridgehead atoms. The maximum Gasteiger partial charge on any atom is 0.471 e. The second-order valence-corrected chi connectivity index (χ2v) is 10.1. The van der Waals surface area contributed by atoms with E-state index in [4.69, 9.17) is 4.74 Å². The Labute approximate surface area is 199 Å². The zero-order chi connectivity index (χ0) is 26.0. The van der Waals surface area contributed by atoms with Gasteiger partial charge in [0.25, 0.3) is 0 Å². The van der Waals surface area contributed by atoms with Crippen LogP contribution in [0.4, 0.5) is 34.8 Å². The largest absolute Gasteiger partial charge is 0.487 e. The summed E-state index contributed by atoms with van der Waals surface area (Å²) < 4.78 is 71.6. The molecule has 0 radical (unpaired) electrons. The Morgan fingerprint density at radius 1 is 1.23 bits per heavy atom. The average Bonchev–Trinajstić information content (AvgIpc) is 2.71. The maximum absolute atomic E-state index is 13.9. The van der Waals surface area contributed by atoms with Gasteiger partial charge in [-0.2, -0.15) is 13.2 Å². The highest BCUT2D eigenvalue weighted by Crippen LogP contribution is 2.33. The minimum atomic E-state index is -5.02. The van der Waals surface area contributed by atoms with E-state index in [0.717, 1.165) is 11.6 Å². The van der Waals surface area contributed by atoms with Crippen molar-refractivity contribution in [2.24, 2.45) is 0 Å². The number of carbonyl (C=O) groups excluding carboxylic acids is 1. The number of aryl methyl sites for hydroxylation is 1. The lowest BCUT2D eigenvalue weighted by molar-refractivity contribution is -0.173. The van der Waals surface area contributed by atoms with Crippen LogP contribution < -0.4 is 20.1 Å². The maximum atomic E-state index is 13.9. The summed E-state index contributed by atoms with van der Waals surface area (Å²) >= 11 is 0. The van der Waals surface area contributed by atoms with Crippen LogP contribution in [-0.4, -0.2) is 51.0 Å². The van der Waals surface area contributed by atoms with Crippen LogP contribution in [0.25, 0.3) is 10.9 Å². The predicted octanol–water partition coefficient (Wildman–Crippen LogP) is 3.94. The van der Waals surface area contributed by atoms with Crippen LogP contribution in [0, 0.1) is 12.7 Å². The molecule has 2 atom stereocenters. The molecule has 1 heterocycles. The van der Waals surface area contributed by atoms with Crippen LogP contribution in [0.5, 0.6) is 5.75 Å². The fraction of sp³-hybridized carbons (Fsp3) is 0.273. The van der Waals surface area contributed by atoms with Gasteiger partial charge in [-0.1, -0.05) is 0 Å². The van der Waals surface area contributed by atoms with Crippen molar-refractivity contribution < 1.29 is 31.3 Å². The van der Waals surface area contributed by atoms with Crippen LogP contribution >= 0.6 is 0 Å². The highest BCUT2D eigenvalue weighted by Gasteiger charge is 2.38. The molecule has 3 aromatic rings. The first kappa shape index (κ1) is 26.0. The highest BCUT2D eigenvalue weighted by atomic mass is 32.2. The number of ether oxygens (including phenoxy) is 1. The molecule has 8 nitrogen and oxygen atoms in total. The van der Waals surface area contributed by atoms with E-state index in [2.05, 4.69) is 25.9 Å². The minimum absolute atomic E-state index is 0.00392. The van der Waals surface area contributed by atoms with E-state index in [9.17, 15) is 26.6 Å². The third-order valence-corrected chi connectivity index (χ3v) is 5.27. The monoisotopic (exact) mass is 513 g/mol. The number of fused-ring (bicyclic) bond motifs is 1. The Bertz CT molecular complexity index is 1360. The smallest absolute Gasteiger partial charge is 0.471 e. The van der Waals surface area contributed by atoms with Gasteiger partial charge >= 0.3 is 12.1 Å². The second kappa shape index (κ2) is 9.94. The van der Waals surface area contributed by atoms with Crippen molar-refractivity contribution in [3.8, 4) is 5.75 Å². The standard InChI is InChI=1S/C22H23F4N5O3S/c1-12-7-15(31-35(3,4)33)9-17-19(12)20(29-11-28-17)30-16-6-5-14(23)8-18(16)34-13(2)10-27-21(32)22(24,25)26/h5-9,11,13H,3,10H2,1-2,4H3,(H,27,32)(H,31,33)(H,28,29,30)/t13-,35?/m0/s1. The van der Waals surface area contributed by atoms with Gasteiger partial charge in [-0.25, -0.2) is 18.6 Å². The van der Waals surface area contributed by atoms with Crippen molar-refractivity contribution >= 4 is 49.6 Å². The number of benzene rings is 2. The molecule has 0 saturated carbocycles. The molecule has 0 aliphatic carbocycles. The third-order valence-electron chi connectivity index (χ3n) is 4.60. The SMILES string of the molecule is C=S(C)(=O)Nc1cc(C)c2c(Nc3ccc(F)cc3O[C@@H](C)CNC(=O)C(F)(F)F)ncnc2c1. The molecular weight excluding hydrogens is 490 g/mol. The summed E-state index contributed by atoms with van der Waals surface area (Å²) in [6.45, 7) is 2.78. The van der Waals surface area contributed by atoms with E-state index in [-0.39, 0.29) is 11.4 Å². The van der Waals surface area contributed by atoms with Crippen LogP contribution in [0.1, 0.15) is 12.5 Å². The quantitative estimate of drug-likeness (QED) is 0.311. The summed E-state index contributed by atoms with van der Waals surface area (Å²) in [4.78, 5) is 19.5. The molecular formula is C22H23F4N5O3S. The summed E-state index contributed by atoms with van der Waals surface area (Å²) in [6.07, 6.45) is -3.16. The second-order valence-electron chi connectivity index (χ2n) is 7.92. The molecule has 188 valence electrons. The molecule has 0 fully saturated rings. The number of hydrogen-bond acceptors (Lipinski definition) is 6. The molecule has 1 aromatic heterocycles. The van der Waals surface area contributed by atoms with Gasteiger partial charge in [-0.15, -0.1) is 0 Å². The van der Waals surface area contributed by atoms with E-state index < -0.39 is 40.3 Å². The molecule has 3 N–H and O–H groups in total. The summed E-state index contributed by atoms with van der Waals surface area (Å²) in [7, 11) is -2.51. The molecule has 1 amide bonds. The summed E-state index contributed by atoms with van der Waals surface area (Å²) in [5.41, 5.74) is 2.12. The van der Waals surface area contributed by atoms with Gasteiger partial charge in [0.2, 0.25) is 0 Å². The Hall–Kier alpha value is -3.61. The van der Waals surface area contributed by atoms with Crippen LogP contribution in [0.15, 0.2) is 36.7 Å². The fourth-order valence-corrected chi connectivity index (χ4v) is 3.83. The van der Waals surface area contributed by atoms with Gasteiger partial charge in [0.05, 0.1) is 17.7 Å². The first-order chi connectivity index (χ1) is 16.2. The van der Waals surface area contributed by atoms with Crippen LogP contribution in [0.3, 0.4) is 0 Å². The number of hydrogen-bond donors (Lipinski definition) is 3. The number of amides is 1. The summed E-state index contributed by atoms with van der Waals surface area (Å²) in [5.74, 6) is 1.21. The summed E-state index contributed by atoms with van der Waals surface area (Å²) in [5, 5.41) is 5.40. The first-order valence-corrected chi connectivity index (χ1v) is 12.3. The number of alkyl halides is 3. The molecule has 0 aliphatic rings. The first-order valence-electron chi connectivity index (χ1n) is 10.2. The molecule has 0 saturated heterocycles. The third kappa shape index (κ3) is 6.94. The number of halogens is 4. The molecule has 0 aliphatic heterocycles. The normalized spacial score (nSPS) is 14.1. The van der Waals surface area contributed by atoms with Crippen molar-refractivity contribution in [2.45, 2.75) is 26.1 Å². The molecule has 1 unspecified atom stereocenters. The Balaban J connectivity index is 1.88. The number of aromatic nitrogens is 2. The van der Waals surface area contributed by atoms with Crippen molar-refractivity contribution in [3.63, 3.8) is 0 Å².